The van der Waals surface area contributed by atoms with Gasteiger partial charge in [0, 0.05) is 42.7 Å². The summed E-state index contributed by atoms with van der Waals surface area (Å²) >= 11 is 0. The number of H-pyrrole nitrogens is 2. The minimum Gasteiger partial charge on any atom is -0.356 e. The molecule has 1 aliphatic rings. The summed E-state index contributed by atoms with van der Waals surface area (Å²) < 4.78 is 1.89. The number of para-hydroxylation sites is 2. The summed E-state index contributed by atoms with van der Waals surface area (Å²) in [5.74, 6) is 1.43. The van der Waals surface area contributed by atoms with Crippen LogP contribution in [0.3, 0.4) is 0 Å². The fraction of sp³-hybridized carbons (Fsp3) is 0.304. The zero-order valence-electron chi connectivity index (χ0n) is 17.3. The van der Waals surface area contributed by atoms with E-state index >= 15 is 0 Å². The number of aromatic nitrogens is 5. The highest BCUT2D eigenvalue weighted by atomic mass is 16.1. The predicted molar refractivity (Wildman–Crippen MR) is 121 cm³/mol. The Bertz CT molecular complexity index is 1330. The number of fused-ring (bicyclic) bond motifs is 1. The molecule has 0 spiro atoms. The van der Waals surface area contributed by atoms with Crippen molar-refractivity contribution in [1.29, 1.82) is 0 Å². The Kier molecular flexibility index (Phi) is 4.89. The second-order valence-electron chi connectivity index (χ2n) is 7.88. The molecule has 1 saturated heterocycles. The van der Waals surface area contributed by atoms with Gasteiger partial charge >= 0.3 is 5.69 Å². The standard InChI is InChI=1S/C23H24N6O2/c1-2-16-13-21(30)27-22(25-16)15-7-8-20(24-14-15)28-11-9-17(10-12-28)29-19-6-4-3-5-18(19)26-23(29)31/h3-8,13-14,17H,2,9-12H2,1H3,(H,26,31)(H,25,27,30). The van der Waals surface area contributed by atoms with Crippen molar-refractivity contribution in [2.75, 3.05) is 18.0 Å². The van der Waals surface area contributed by atoms with Crippen LogP contribution in [0.25, 0.3) is 22.4 Å². The van der Waals surface area contributed by atoms with Crippen LogP contribution < -0.4 is 16.1 Å². The molecule has 8 nitrogen and oxygen atoms in total. The maximum absolute atomic E-state index is 12.5. The minimum atomic E-state index is -0.152. The molecule has 0 bridgehead atoms. The Hall–Kier alpha value is -3.68. The van der Waals surface area contributed by atoms with Gasteiger partial charge in [-0.05, 0) is 43.5 Å². The third kappa shape index (κ3) is 3.65. The van der Waals surface area contributed by atoms with Crippen molar-refractivity contribution >= 4 is 16.9 Å². The summed E-state index contributed by atoms with van der Waals surface area (Å²) in [7, 11) is 0. The van der Waals surface area contributed by atoms with Gasteiger partial charge in [-0.25, -0.2) is 14.8 Å². The first-order valence-corrected chi connectivity index (χ1v) is 10.6. The van der Waals surface area contributed by atoms with E-state index in [1.54, 1.807) is 6.20 Å². The predicted octanol–water partition coefficient (Wildman–Crippen LogP) is 2.88. The van der Waals surface area contributed by atoms with Gasteiger partial charge in [-0.2, -0.15) is 0 Å². The van der Waals surface area contributed by atoms with Crippen LogP contribution in [0.4, 0.5) is 5.82 Å². The van der Waals surface area contributed by atoms with E-state index in [1.807, 2.05) is 47.9 Å². The Balaban J connectivity index is 1.32. The first kappa shape index (κ1) is 19.3. The maximum atomic E-state index is 12.5. The molecule has 3 aromatic heterocycles. The highest BCUT2D eigenvalue weighted by molar-refractivity contribution is 5.75. The van der Waals surface area contributed by atoms with Crippen LogP contribution in [-0.4, -0.2) is 37.6 Å². The second kappa shape index (κ2) is 7.86. The summed E-state index contributed by atoms with van der Waals surface area (Å²) in [6, 6.07) is 13.4. The van der Waals surface area contributed by atoms with Crippen LogP contribution in [0.2, 0.25) is 0 Å². The van der Waals surface area contributed by atoms with Crippen molar-refractivity contribution in [3.8, 4) is 11.4 Å². The molecule has 4 heterocycles. The first-order chi connectivity index (χ1) is 15.1. The number of nitrogens with zero attached hydrogens (tertiary/aromatic N) is 4. The van der Waals surface area contributed by atoms with Gasteiger partial charge in [0.15, 0.2) is 0 Å². The lowest BCUT2D eigenvalue weighted by atomic mass is 10.0. The van der Waals surface area contributed by atoms with Gasteiger partial charge in [0.2, 0.25) is 0 Å². The molecule has 1 aromatic carbocycles. The molecular formula is C23H24N6O2. The Labute approximate surface area is 178 Å². The smallest absolute Gasteiger partial charge is 0.326 e. The van der Waals surface area contributed by atoms with Crippen molar-refractivity contribution in [2.24, 2.45) is 0 Å². The zero-order chi connectivity index (χ0) is 21.4. The normalized spacial score (nSPS) is 14.9. The number of pyridine rings is 1. The van der Waals surface area contributed by atoms with E-state index in [1.165, 1.54) is 6.07 Å². The highest BCUT2D eigenvalue weighted by Crippen LogP contribution is 2.27. The van der Waals surface area contributed by atoms with Crippen LogP contribution in [0, 0.1) is 0 Å². The van der Waals surface area contributed by atoms with Crippen LogP contribution >= 0.6 is 0 Å². The van der Waals surface area contributed by atoms with Crippen molar-refractivity contribution in [1.82, 2.24) is 24.5 Å². The van der Waals surface area contributed by atoms with E-state index in [2.05, 4.69) is 24.8 Å². The molecule has 8 heteroatoms. The average molecular weight is 416 g/mol. The third-order valence-corrected chi connectivity index (χ3v) is 5.96. The quantitative estimate of drug-likeness (QED) is 0.533. The average Bonchev–Trinajstić information content (AvgIpc) is 3.14. The number of aryl methyl sites for hydroxylation is 1. The lowest BCUT2D eigenvalue weighted by molar-refractivity contribution is 0.395. The molecule has 0 atom stereocenters. The van der Waals surface area contributed by atoms with Crippen molar-refractivity contribution in [3.63, 3.8) is 0 Å². The van der Waals surface area contributed by atoms with Gasteiger partial charge in [-0.15, -0.1) is 0 Å². The van der Waals surface area contributed by atoms with Crippen molar-refractivity contribution in [3.05, 3.63) is 75.2 Å². The maximum Gasteiger partial charge on any atom is 0.326 e. The number of benzene rings is 1. The van der Waals surface area contributed by atoms with Crippen LogP contribution in [0.1, 0.15) is 31.5 Å². The highest BCUT2D eigenvalue weighted by Gasteiger charge is 2.24. The Morgan fingerprint density at radius 2 is 1.87 bits per heavy atom. The number of piperidine rings is 1. The molecule has 4 aromatic rings. The van der Waals surface area contributed by atoms with E-state index in [4.69, 9.17) is 0 Å². The van der Waals surface area contributed by atoms with Gasteiger partial charge in [0.25, 0.3) is 5.56 Å². The van der Waals surface area contributed by atoms with Crippen molar-refractivity contribution < 1.29 is 0 Å². The summed E-state index contributed by atoms with van der Waals surface area (Å²) in [5, 5.41) is 0. The van der Waals surface area contributed by atoms with E-state index in [9.17, 15) is 9.59 Å². The Morgan fingerprint density at radius 3 is 2.61 bits per heavy atom. The van der Waals surface area contributed by atoms with Gasteiger partial charge in [0.1, 0.15) is 11.6 Å². The summed E-state index contributed by atoms with van der Waals surface area (Å²) in [6.45, 7) is 3.62. The first-order valence-electron chi connectivity index (χ1n) is 10.6. The van der Waals surface area contributed by atoms with Gasteiger partial charge in [-0.1, -0.05) is 19.1 Å². The second-order valence-corrected chi connectivity index (χ2v) is 7.88. The van der Waals surface area contributed by atoms with E-state index < -0.39 is 0 Å². The number of imidazole rings is 1. The molecule has 0 amide bonds. The number of anilines is 1. The molecule has 1 fully saturated rings. The van der Waals surface area contributed by atoms with E-state index in [0.717, 1.165) is 54.0 Å². The number of rotatable bonds is 4. The molecule has 158 valence electrons. The van der Waals surface area contributed by atoms with E-state index in [0.29, 0.717) is 12.2 Å². The number of hydrogen-bond donors (Lipinski definition) is 2. The zero-order valence-corrected chi connectivity index (χ0v) is 17.3. The molecule has 0 radical (unpaired) electrons. The minimum absolute atomic E-state index is 0.0436. The van der Waals surface area contributed by atoms with Gasteiger partial charge in [0.05, 0.1) is 11.0 Å². The summed E-state index contributed by atoms with van der Waals surface area (Å²) in [4.78, 5) is 41.4. The largest absolute Gasteiger partial charge is 0.356 e. The van der Waals surface area contributed by atoms with E-state index in [-0.39, 0.29) is 17.3 Å². The van der Waals surface area contributed by atoms with Crippen LogP contribution in [0.5, 0.6) is 0 Å². The topological polar surface area (TPSA) is 99.7 Å². The van der Waals surface area contributed by atoms with Gasteiger partial charge < -0.3 is 14.9 Å². The molecule has 2 N–H and O–H groups in total. The SMILES string of the molecule is CCc1cc(=O)[nH]c(-c2ccc(N3CCC(n4c(=O)[nH]c5ccccc54)CC3)nc2)n1. The monoisotopic (exact) mass is 416 g/mol. The summed E-state index contributed by atoms with van der Waals surface area (Å²) in [5.41, 5.74) is 3.20. The fourth-order valence-corrected chi connectivity index (χ4v) is 4.33. The lowest BCUT2D eigenvalue weighted by Gasteiger charge is -2.33. The number of aromatic amines is 2. The summed E-state index contributed by atoms with van der Waals surface area (Å²) in [6.07, 6.45) is 4.21. The number of nitrogens with one attached hydrogen (secondary N) is 2. The molecular weight excluding hydrogens is 392 g/mol. The third-order valence-electron chi connectivity index (χ3n) is 5.96. The lowest BCUT2D eigenvalue weighted by Crippen LogP contribution is -2.37. The van der Waals surface area contributed by atoms with Gasteiger partial charge in [-0.3, -0.25) is 9.36 Å². The van der Waals surface area contributed by atoms with Crippen LogP contribution in [-0.2, 0) is 6.42 Å². The molecule has 0 aliphatic carbocycles. The Morgan fingerprint density at radius 1 is 1.06 bits per heavy atom. The van der Waals surface area contributed by atoms with Crippen molar-refractivity contribution in [2.45, 2.75) is 32.2 Å². The molecule has 1 aliphatic heterocycles. The molecule has 31 heavy (non-hydrogen) atoms. The molecule has 0 saturated carbocycles. The molecule has 5 rings (SSSR count). The molecule has 0 unspecified atom stereocenters. The van der Waals surface area contributed by atoms with Crippen LogP contribution in [0.15, 0.2) is 58.3 Å². The fourth-order valence-electron chi connectivity index (χ4n) is 4.33. The number of hydrogen-bond acceptors (Lipinski definition) is 5.